The molecule has 0 bridgehead atoms. The van der Waals surface area contributed by atoms with Crippen LogP contribution in [0, 0.1) is 39.5 Å². The summed E-state index contributed by atoms with van der Waals surface area (Å²) in [5.41, 5.74) is 6.97. The van der Waals surface area contributed by atoms with Crippen LogP contribution in [0.4, 0.5) is 0 Å². The van der Waals surface area contributed by atoms with Gasteiger partial charge in [0.1, 0.15) is 5.75 Å². The van der Waals surface area contributed by atoms with Crippen molar-refractivity contribution in [1.82, 2.24) is 0 Å². The predicted octanol–water partition coefficient (Wildman–Crippen LogP) is 5.54. The first kappa shape index (κ1) is 18.5. The van der Waals surface area contributed by atoms with E-state index < -0.39 is 0 Å². The molecule has 0 fully saturated rings. The van der Waals surface area contributed by atoms with Gasteiger partial charge in [0.05, 0.1) is 5.56 Å². The number of rotatable bonds is 2. The maximum absolute atomic E-state index is 12.4. The van der Waals surface area contributed by atoms with Crippen LogP contribution >= 0.6 is 0 Å². The summed E-state index contributed by atoms with van der Waals surface area (Å²) >= 11 is 0. The number of ether oxygens (including phenoxy) is 1. The van der Waals surface area contributed by atoms with Crippen molar-refractivity contribution in [3.63, 3.8) is 0 Å². The Morgan fingerprint density at radius 1 is 0.741 bits per heavy atom. The largest absolute Gasteiger partial charge is 0.423 e. The standard InChI is InChI=1S/C25H22O2/c1-17-5-7-21(8-6-17)9-10-22-11-13-23(14-12-22)25(26)27-24-15-18(2)20(4)19(3)16-24/h5-8,11-16H,1-4H3. The number of aryl methyl sites for hydroxylation is 3. The third-order valence-corrected chi connectivity index (χ3v) is 4.63. The van der Waals surface area contributed by atoms with E-state index in [1.807, 2.05) is 69.3 Å². The number of hydrogen-bond donors (Lipinski definition) is 0. The molecule has 134 valence electrons. The molecule has 3 aromatic carbocycles. The smallest absolute Gasteiger partial charge is 0.343 e. The van der Waals surface area contributed by atoms with E-state index in [1.165, 1.54) is 11.1 Å². The summed E-state index contributed by atoms with van der Waals surface area (Å²) in [6.07, 6.45) is 0. The topological polar surface area (TPSA) is 26.3 Å². The van der Waals surface area contributed by atoms with E-state index in [0.717, 1.165) is 22.3 Å². The Hall–Kier alpha value is -3.31. The van der Waals surface area contributed by atoms with E-state index in [-0.39, 0.29) is 5.97 Å². The van der Waals surface area contributed by atoms with E-state index in [1.54, 1.807) is 12.1 Å². The SMILES string of the molecule is Cc1ccc(C#Cc2ccc(C(=O)Oc3cc(C)c(C)c(C)c3)cc2)cc1. The highest BCUT2D eigenvalue weighted by molar-refractivity contribution is 5.91. The Bertz CT molecular complexity index is 1010. The molecule has 0 radical (unpaired) electrons. The van der Waals surface area contributed by atoms with E-state index in [0.29, 0.717) is 11.3 Å². The van der Waals surface area contributed by atoms with Gasteiger partial charge in [0.25, 0.3) is 0 Å². The molecular formula is C25H22O2. The van der Waals surface area contributed by atoms with Crippen LogP contribution in [-0.4, -0.2) is 5.97 Å². The molecule has 0 N–H and O–H groups in total. The first-order valence-corrected chi connectivity index (χ1v) is 8.91. The monoisotopic (exact) mass is 354 g/mol. The third kappa shape index (κ3) is 4.65. The maximum atomic E-state index is 12.4. The molecule has 0 aliphatic carbocycles. The van der Waals surface area contributed by atoms with E-state index in [9.17, 15) is 4.79 Å². The Balaban J connectivity index is 1.71. The summed E-state index contributed by atoms with van der Waals surface area (Å²) in [5, 5.41) is 0. The van der Waals surface area contributed by atoms with Gasteiger partial charge in [-0.05, 0) is 92.9 Å². The molecule has 0 atom stereocenters. The second-order valence-corrected chi connectivity index (χ2v) is 6.76. The second-order valence-electron chi connectivity index (χ2n) is 6.76. The molecule has 0 aliphatic heterocycles. The minimum absolute atomic E-state index is 0.365. The van der Waals surface area contributed by atoms with Crippen molar-refractivity contribution < 1.29 is 9.53 Å². The van der Waals surface area contributed by atoms with Crippen molar-refractivity contribution >= 4 is 5.97 Å². The van der Waals surface area contributed by atoms with Crippen molar-refractivity contribution in [3.05, 3.63) is 99.6 Å². The highest BCUT2D eigenvalue weighted by Crippen LogP contribution is 2.22. The van der Waals surface area contributed by atoms with Gasteiger partial charge in [0.15, 0.2) is 0 Å². The molecule has 2 heteroatoms. The van der Waals surface area contributed by atoms with Crippen molar-refractivity contribution in [3.8, 4) is 17.6 Å². The van der Waals surface area contributed by atoms with Crippen LogP contribution in [0.1, 0.15) is 43.7 Å². The molecule has 0 unspecified atom stereocenters. The fraction of sp³-hybridized carbons (Fsp3) is 0.160. The van der Waals surface area contributed by atoms with Gasteiger partial charge < -0.3 is 4.74 Å². The van der Waals surface area contributed by atoms with Crippen LogP contribution < -0.4 is 4.74 Å². The molecule has 27 heavy (non-hydrogen) atoms. The van der Waals surface area contributed by atoms with Crippen molar-refractivity contribution in [2.45, 2.75) is 27.7 Å². The fourth-order valence-electron chi connectivity index (χ4n) is 2.69. The van der Waals surface area contributed by atoms with Crippen molar-refractivity contribution in [2.75, 3.05) is 0 Å². The summed E-state index contributed by atoms with van der Waals surface area (Å²) in [6, 6.07) is 19.0. The molecule has 0 heterocycles. The van der Waals surface area contributed by atoms with E-state index in [4.69, 9.17) is 4.74 Å². The second kappa shape index (κ2) is 7.93. The highest BCUT2D eigenvalue weighted by Gasteiger charge is 2.10. The van der Waals surface area contributed by atoms with Gasteiger partial charge in [-0.2, -0.15) is 0 Å². The molecule has 0 amide bonds. The lowest BCUT2D eigenvalue weighted by atomic mass is 10.0. The molecule has 3 rings (SSSR count). The molecule has 0 spiro atoms. The van der Waals surface area contributed by atoms with E-state index >= 15 is 0 Å². The normalized spacial score (nSPS) is 10.1. The zero-order chi connectivity index (χ0) is 19.4. The Morgan fingerprint density at radius 2 is 1.22 bits per heavy atom. The minimum Gasteiger partial charge on any atom is -0.423 e. The lowest BCUT2D eigenvalue weighted by molar-refractivity contribution is 0.0734. The summed E-state index contributed by atoms with van der Waals surface area (Å²) in [5.74, 6) is 6.45. The number of carbonyl (C=O) groups excluding carboxylic acids is 1. The van der Waals surface area contributed by atoms with Crippen molar-refractivity contribution in [2.24, 2.45) is 0 Å². The number of esters is 1. The highest BCUT2D eigenvalue weighted by atomic mass is 16.5. The molecule has 0 saturated heterocycles. The number of hydrogen-bond acceptors (Lipinski definition) is 2. The molecule has 2 nitrogen and oxygen atoms in total. The first-order chi connectivity index (χ1) is 12.9. The Labute approximate surface area is 160 Å². The molecular weight excluding hydrogens is 332 g/mol. The van der Waals surface area contributed by atoms with Crippen molar-refractivity contribution in [1.29, 1.82) is 0 Å². The fourth-order valence-corrected chi connectivity index (χ4v) is 2.69. The lowest BCUT2D eigenvalue weighted by Crippen LogP contribution is -2.09. The van der Waals surface area contributed by atoms with Crippen LogP contribution in [0.3, 0.4) is 0 Å². The lowest BCUT2D eigenvalue weighted by Gasteiger charge is -2.09. The Kier molecular flexibility index (Phi) is 5.43. The molecule has 0 aromatic heterocycles. The Morgan fingerprint density at radius 3 is 1.74 bits per heavy atom. The molecule has 0 saturated carbocycles. The van der Waals surface area contributed by atoms with Crippen LogP contribution in [0.2, 0.25) is 0 Å². The number of benzene rings is 3. The molecule has 0 aliphatic rings. The summed E-state index contributed by atoms with van der Waals surface area (Å²) in [4.78, 5) is 12.4. The first-order valence-electron chi connectivity index (χ1n) is 8.91. The summed E-state index contributed by atoms with van der Waals surface area (Å²) in [7, 11) is 0. The molecule has 3 aromatic rings. The van der Waals surface area contributed by atoms with Gasteiger partial charge in [-0.15, -0.1) is 0 Å². The minimum atomic E-state index is -0.365. The van der Waals surface area contributed by atoms with Gasteiger partial charge in [-0.1, -0.05) is 29.5 Å². The predicted molar refractivity (Wildman–Crippen MR) is 109 cm³/mol. The van der Waals surface area contributed by atoms with E-state index in [2.05, 4.69) is 18.8 Å². The summed E-state index contributed by atoms with van der Waals surface area (Å²) < 4.78 is 5.52. The zero-order valence-electron chi connectivity index (χ0n) is 16.1. The van der Waals surface area contributed by atoms with Crippen LogP contribution in [0.15, 0.2) is 60.7 Å². The third-order valence-electron chi connectivity index (χ3n) is 4.63. The van der Waals surface area contributed by atoms with Crippen LogP contribution in [0.5, 0.6) is 5.75 Å². The van der Waals surface area contributed by atoms with Gasteiger partial charge in [-0.25, -0.2) is 4.79 Å². The van der Waals surface area contributed by atoms with Gasteiger partial charge in [-0.3, -0.25) is 0 Å². The van der Waals surface area contributed by atoms with Crippen LogP contribution in [-0.2, 0) is 0 Å². The quantitative estimate of drug-likeness (QED) is 0.343. The average molecular weight is 354 g/mol. The van der Waals surface area contributed by atoms with Gasteiger partial charge in [0, 0.05) is 11.1 Å². The van der Waals surface area contributed by atoms with Gasteiger partial charge in [0.2, 0.25) is 0 Å². The summed E-state index contributed by atoms with van der Waals surface area (Å²) in [6.45, 7) is 8.14. The zero-order valence-corrected chi connectivity index (χ0v) is 16.1. The maximum Gasteiger partial charge on any atom is 0.343 e. The van der Waals surface area contributed by atoms with Gasteiger partial charge >= 0.3 is 5.97 Å². The van der Waals surface area contributed by atoms with Crippen LogP contribution in [0.25, 0.3) is 0 Å². The average Bonchev–Trinajstić information content (AvgIpc) is 2.66. The number of carbonyl (C=O) groups is 1.